The van der Waals surface area contributed by atoms with E-state index in [1.165, 1.54) is 16.8 Å². The maximum absolute atomic E-state index is 10.2. The van der Waals surface area contributed by atoms with Gasteiger partial charge in [0, 0.05) is 11.5 Å². The van der Waals surface area contributed by atoms with Gasteiger partial charge in [0.1, 0.15) is 0 Å². The first-order valence-electron chi connectivity index (χ1n) is 6.65. The van der Waals surface area contributed by atoms with Crippen LogP contribution in [0, 0.1) is 5.92 Å². The monoisotopic (exact) mass is 240 g/mol. The lowest BCUT2D eigenvalue weighted by Gasteiger charge is -2.24. The Bertz CT molecular complexity index is 590. The van der Waals surface area contributed by atoms with Gasteiger partial charge < -0.3 is 9.67 Å². The summed E-state index contributed by atoms with van der Waals surface area (Å²) < 4.78 is 2.24. The van der Waals surface area contributed by atoms with E-state index < -0.39 is 0 Å². The molecule has 0 radical (unpaired) electrons. The molecule has 92 valence electrons. The largest absolute Gasteiger partial charge is 0.393 e. The summed E-state index contributed by atoms with van der Waals surface area (Å²) in [5, 5.41) is 10.2. The summed E-state index contributed by atoms with van der Waals surface area (Å²) in [6, 6.07) is 8.79. The fourth-order valence-corrected chi connectivity index (χ4v) is 3.65. The second kappa shape index (κ2) is 3.69. The maximum atomic E-state index is 10.2. The summed E-state index contributed by atoms with van der Waals surface area (Å²) in [6.07, 6.45) is 6.85. The number of rotatable bonds is 1. The molecule has 2 aromatic rings. The van der Waals surface area contributed by atoms with Crippen molar-refractivity contribution >= 4 is 0 Å². The van der Waals surface area contributed by atoms with Gasteiger partial charge in [0.2, 0.25) is 0 Å². The van der Waals surface area contributed by atoms with Gasteiger partial charge >= 0.3 is 0 Å². The quantitative estimate of drug-likeness (QED) is 0.832. The lowest BCUT2D eigenvalue weighted by Crippen LogP contribution is -2.24. The van der Waals surface area contributed by atoms with E-state index in [4.69, 9.17) is 0 Å². The summed E-state index contributed by atoms with van der Waals surface area (Å²) in [6.45, 7) is 0. The van der Waals surface area contributed by atoms with Gasteiger partial charge in [-0.1, -0.05) is 30.7 Å². The Kier molecular flexibility index (Phi) is 2.12. The molecule has 1 fully saturated rings. The van der Waals surface area contributed by atoms with Crippen LogP contribution in [0.1, 0.15) is 30.9 Å². The van der Waals surface area contributed by atoms with Crippen LogP contribution in [0.2, 0.25) is 0 Å². The van der Waals surface area contributed by atoms with Crippen molar-refractivity contribution < 1.29 is 5.11 Å². The van der Waals surface area contributed by atoms with Crippen molar-refractivity contribution in [1.82, 2.24) is 9.55 Å². The Balaban J connectivity index is 1.89. The Hall–Kier alpha value is -1.61. The van der Waals surface area contributed by atoms with Crippen molar-refractivity contribution in [2.45, 2.75) is 31.4 Å². The smallest absolute Gasteiger partial charge is 0.0956 e. The molecule has 0 bridgehead atoms. The minimum Gasteiger partial charge on any atom is -0.393 e. The fraction of sp³-hybridized carbons (Fsp3) is 0.400. The number of aromatic nitrogens is 2. The van der Waals surface area contributed by atoms with Crippen LogP contribution >= 0.6 is 0 Å². The highest BCUT2D eigenvalue weighted by atomic mass is 16.3. The van der Waals surface area contributed by atoms with E-state index in [-0.39, 0.29) is 12.1 Å². The molecule has 3 atom stereocenters. The van der Waals surface area contributed by atoms with Crippen LogP contribution in [0.25, 0.3) is 11.3 Å². The molecule has 1 aromatic heterocycles. The molecule has 0 amide bonds. The molecule has 1 saturated carbocycles. The summed E-state index contributed by atoms with van der Waals surface area (Å²) in [7, 11) is 0. The number of hydrogen-bond donors (Lipinski definition) is 1. The fourth-order valence-electron chi connectivity index (χ4n) is 3.65. The molecular weight excluding hydrogens is 224 g/mol. The normalized spacial score (nSPS) is 29.3. The molecular formula is C15H16N2O. The van der Waals surface area contributed by atoms with Crippen molar-refractivity contribution in [3.63, 3.8) is 0 Å². The van der Waals surface area contributed by atoms with Crippen LogP contribution < -0.4 is 0 Å². The van der Waals surface area contributed by atoms with Crippen molar-refractivity contribution in [3.8, 4) is 11.3 Å². The zero-order valence-electron chi connectivity index (χ0n) is 10.2. The summed E-state index contributed by atoms with van der Waals surface area (Å²) in [5.74, 6) is 0.335. The molecule has 1 aliphatic heterocycles. The van der Waals surface area contributed by atoms with Gasteiger partial charge in [0.25, 0.3) is 0 Å². The van der Waals surface area contributed by atoms with Crippen LogP contribution in [-0.4, -0.2) is 20.8 Å². The Labute approximate surface area is 106 Å². The summed E-state index contributed by atoms with van der Waals surface area (Å²) in [5.41, 5.74) is 3.81. The lowest BCUT2D eigenvalue weighted by molar-refractivity contribution is 0.112. The number of benzene rings is 1. The number of aliphatic hydroxyl groups is 1. The number of imidazole rings is 1. The van der Waals surface area contributed by atoms with E-state index in [2.05, 4.69) is 33.8 Å². The predicted octanol–water partition coefficient (Wildman–Crippen LogP) is 2.61. The first kappa shape index (κ1) is 10.3. The second-order valence-electron chi connectivity index (χ2n) is 5.38. The van der Waals surface area contributed by atoms with E-state index in [1.54, 1.807) is 0 Å². The number of hydrogen-bond acceptors (Lipinski definition) is 2. The maximum Gasteiger partial charge on any atom is 0.0956 e. The van der Waals surface area contributed by atoms with Crippen LogP contribution in [0.5, 0.6) is 0 Å². The molecule has 0 spiro atoms. The standard InChI is InChI=1S/C15H16N2O/c18-14-7-3-6-12(14)15-11-5-2-1-4-10(11)13-8-16-9-17(13)15/h1-2,4-5,8-9,12,14-15,18H,3,6-7H2/t12-,14+,15-/m1/s1. The summed E-state index contributed by atoms with van der Waals surface area (Å²) in [4.78, 5) is 4.27. The zero-order chi connectivity index (χ0) is 12.1. The van der Waals surface area contributed by atoms with Gasteiger partial charge in [-0.25, -0.2) is 4.98 Å². The van der Waals surface area contributed by atoms with Gasteiger partial charge in [0.15, 0.2) is 0 Å². The lowest BCUT2D eigenvalue weighted by atomic mass is 9.90. The van der Waals surface area contributed by atoms with Gasteiger partial charge in [0.05, 0.1) is 30.4 Å². The molecule has 0 unspecified atom stereocenters. The highest BCUT2D eigenvalue weighted by molar-refractivity contribution is 5.69. The molecule has 3 heteroatoms. The van der Waals surface area contributed by atoms with E-state index in [0.29, 0.717) is 5.92 Å². The van der Waals surface area contributed by atoms with Crippen molar-refractivity contribution in [2.24, 2.45) is 5.92 Å². The van der Waals surface area contributed by atoms with E-state index in [0.717, 1.165) is 19.3 Å². The SMILES string of the molecule is O[C@H]1CCC[C@H]1[C@H]1c2ccccc2-c2cncn21. The summed E-state index contributed by atoms with van der Waals surface area (Å²) >= 11 is 0. The van der Waals surface area contributed by atoms with E-state index in [9.17, 15) is 5.11 Å². The molecule has 0 saturated heterocycles. The highest BCUT2D eigenvalue weighted by Crippen LogP contribution is 2.47. The van der Waals surface area contributed by atoms with E-state index >= 15 is 0 Å². The van der Waals surface area contributed by atoms with Crippen LogP contribution in [0.4, 0.5) is 0 Å². The number of nitrogens with zero attached hydrogens (tertiary/aromatic N) is 2. The molecule has 3 nitrogen and oxygen atoms in total. The number of fused-ring (bicyclic) bond motifs is 3. The molecule has 1 aliphatic carbocycles. The first-order chi connectivity index (χ1) is 8.86. The van der Waals surface area contributed by atoms with Crippen LogP contribution in [-0.2, 0) is 0 Å². The Morgan fingerprint density at radius 1 is 1.22 bits per heavy atom. The molecule has 2 aliphatic rings. The van der Waals surface area contributed by atoms with Gasteiger partial charge in [-0.3, -0.25) is 0 Å². The predicted molar refractivity (Wildman–Crippen MR) is 69.1 cm³/mol. The van der Waals surface area contributed by atoms with Crippen LogP contribution in [0.3, 0.4) is 0 Å². The van der Waals surface area contributed by atoms with Crippen LogP contribution in [0.15, 0.2) is 36.8 Å². The molecule has 18 heavy (non-hydrogen) atoms. The van der Waals surface area contributed by atoms with E-state index in [1.807, 2.05) is 12.5 Å². The first-order valence-corrected chi connectivity index (χ1v) is 6.65. The third kappa shape index (κ3) is 1.25. The average Bonchev–Trinajstić information content (AvgIpc) is 3.05. The highest BCUT2D eigenvalue weighted by Gasteiger charge is 2.39. The molecule has 4 rings (SSSR count). The van der Waals surface area contributed by atoms with Crippen molar-refractivity contribution in [1.29, 1.82) is 0 Å². The molecule has 1 N–H and O–H groups in total. The Morgan fingerprint density at radius 3 is 2.94 bits per heavy atom. The van der Waals surface area contributed by atoms with Gasteiger partial charge in [-0.05, 0) is 18.4 Å². The van der Waals surface area contributed by atoms with Gasteiger partial charge in [-0.15, -0.1) is 0 Å². The number of aliphatic hydroxyl groups excluding tert-OH is 1. The Morgan fingerprint density at radius 2 is 2.11 bits per heavy atom. The topological polar surface area (TPSA) is 38.1 Å². The van der Waals surface area contributed by atoms with Crippen molar-refractivity contribution in [3.05, 3.63) is 42.4 Å². The average molecular weight is 240 g/mol. The third-order valence-electron chi connectivity index (χ3n) is 4.46. The molecule has 1 aromatic carbocycles. The zero-order valence-corrected chi connectivity index (χ0v) is 10.2. The minimum absolute atomic E-state index is 0.170. The van der Waals surface area contributed by atoms with Crippen molar-refractivity contribution in [2.75, 3.05) is 0 Å². The third-order valence-corrected chi connectivity index (χ3v) is 4.46. The second-order valence-corrected chi connectivity index (χ2v) is 5.38. The van der Waals surface area contributed by atoms with Gasteiger partial charge in [-0.2, -0.15) is 0 Å². The minimum atomic E-state index is -0.170. The molecule has 2 heterocycles.